The van der Waals surface area contributed by atoms with Crippen molar-refractivity contribution in [1.29, 1.82) is 5.26 Å². The molecule has 9 nitrogen and oxygen atoms in total. The fourth-order valence-corrected chi connectivity index (χ4v) is 6.51. The molecule has 41 heavy (non-hydrogen) atoms. The van der Waals surface area contributed by atoms with Crippen LogP contribution < -0.4 is 5.56 Å². The third-order valence-corrected chi connectivity index (χ3v) is 9.04. The number of rotatable bonds is 6. The molecule has 204 valence electrons. The lowest BCUT2D eigenvalue weighted by Crippen LogP contribution is -2.35. The zero-order valence-corrected chi connectivity index (χ0v) is 22.9. The summed E-state index contributed by atoms with van der Waals surface area (Å²) in [7, 11) is -3.58. The van der Waals surface area contributed by atoms with Crippen LogP contribution >= 0.6 is 0 Å². The summed E-state index contributed by atoms with van der Waals surface area (Å²) >= 11 is 0. The van der Waals surface area contributed by atoms with Crippen LogP contribution in [-0.4, -0.2) is 45.6 Å². The fourth-order valence-electron chi connectivity index (χ4n) is 4.99. The number of nitriles is 1. The predicted molar refractivity (Wildman–Crippen MR) is 157 cm³/mol. The van der Waals surface area contributed by atoms with Crippen molar-refractivity contribution in [3.8, 4) is 23.0 Å². The second-order valence-corrected chi connectivity index (χ2v) is 11.7. The van der Waals surface area contributed by atoms with Crippen LogP contribution in [0, 0.1) is 11.3 Å². The number of benzene rings is 3. The Balaban J connectivity index is 1.44. The van der Waals surface area contributed by atoms with E-state index in [1.807, 2.05) is 30.3 Å². The van der Waals surface area contributed by atoms with E-state index in [-0.39, 0.29) is 21.9 Å². The van der Waals surface area contributed by atoms with Crippen molar-refractivity contribution in [2.24, 2.45) is 0 Å². The maximum atomic E-state index is 13.2. The van der Waals surface area contributed by atoms with E-state index >= 15 is 0 Å². The van der Waals surface area contributed by atoms with Gasteiger partial charge in [-0.15, -0.1) is 0 Å². The average Bonchev–Trinajstić information content (AvgIpc) is 3.44. The van der Waals surface area contributed by atoms with Gasteiger partial charge in [-0.25, -0.2) is 18.1 Å². The van der Waals surface area contributed by atoms with Crippen LogP contribution in [0.3, 0.4) is 0 Å². The third kappa shape index (κ3) is 5.20. The molecule has 0 amide bonds. The first-order valence-electron chi connectivity index (χ1n) is 13.3. The van der Waals surface area contributed by atoms with Crippen LogP contribution in [0.2, 0.25) is 0 Å². The number of aromatic nitrogens is 4. The molecule has 1 aliphatic heterocycles. The molecule has 1 aliphatic rings. The Morgan fingerprint density at radius 2 is 1.63 bits per heavy atom. The Bertz CT molecular complexity index is 1960. The molecular weight excluding hydrogens is 536 g/mol. The van der Waals surface area contributed by atoms with Crippen molar-refractivity contribution in [2.75, 3.05) is 13.1 Å². The quantitative estimate of drug-likeness (QED) is 0.290. The number of sulfonamides is 1. The Kier molecular flexibility index (Phi) is 7.05. The second-order valence-electron chi connectivity index (χ2n) is 9.80. The van der Waals surface area contributed by atoms with Gasteiger partial charge in [-0.05, 0) is 55.3 Å². The number of H-pyrrole nitrogens is 1. The van der Waals surface area contributed by atoms with Crippen molar-refractivity contribution in [1.82, 2.24) is 24.1 Å². The van der Waals surface area contributed by atoms with E-state index in [0.29, 0.717) is 40.8 Å². The molecule has 0 atom stereocenters. The maximum absolute atomic E-state index is 13.2. The summed E-state index contributed by atoms with van der Waals surface area (Å²) in [5.74, 6) is 0.151. The molecule has 0 bridgehead atoms. The van der Waals surface area contributed by atoms with E-state index in [4.69, 9.17) is 5.10 Å². The molecule has 0 spiro atoms. The standard InChI is InChI=1S/C31H26N6O3S/c32-20-23(30-33-28-12-6-5-11-27(28)31(38)34-30)19-24-21-37(25-9-3-1-4-10-25)35-29(24)22-13-15-26(16-14-22)41(39,40)36-17-7-2-8-18-36/h1,3-6,9-16,19,21H,2,7-8,17-18H2,(H,33,34,38). The molecule has 6 rings (SSSR count). The minimum atomic E-state index is -3.58. The summed E-state index contributed by atoms with van der Waals surface area (Å²) in [5.41, 5.74) is 2.95. The van der Waals surface area contributed by atoms with Gasteiger partial charge in [-0.3, -0.25) is 4.79 Å². The van der Waals surface area contributed by atoms with Crippen LogP contribution in [0.25, 0.3) is 39.5 Å². The van der Waals surface area contributed by atoms with Crippen LogP contribution in [0.4, 0.5) is 0 Å². The van der Waals surface area contributed by atoms with Crippen molar-refractivity contribution in [3.63, 3.8) is 0 Å². The summed E-state index contributed by atoms with van der Waals surface area (Å²) in [6, 6.07) is 25.3. The summed E-state index contributed by atoms with van der Waals surface area (Å²) < 4.78 is 29.6. The predicted octanol–water partition coefficient (Wildman–Crippen LogP) is 5.01. The highest BCUT2D eigenvalue weighted by Gasteiger charge is 2.26. The first-order chi connectivity index (χ1) is 19.9. The van der Waals surface area contributed by atoms with E-state index in [2.05, 4.69) is 16.0 Å². The van der Waals surface area contributed by atoms with Gasteiger partial charge in [0.05, 0.1) is 32.8 Å². The Labute approximate surface area is 237 Å². The van der Waals surface area contributed by atoms with Gasteiger partial charge in [0, 0.05) is 30.4 Å². The highest BCUT2D eigenvalue weighted by molar-refractivity contribution is 7.89. The normalized spacial score (nSPS) is 14.7. The maximum Gasteiger partial charge on any atom is 0.259 e. The molecular formula is C31H26N6O3S. The summed E-state index contributed by atoms with van der Waals surface area (Å²) in [5, 5.41) is 15.3. The number of nitrogens with one attached hydrogen (secondary N) is 1. The van der Waals surface area contributed by atoms with E-state index in [1.54, 1.807) is 69.8 Å². The number of fused-ring (bicyclic) bond motifs is 1. The van der Waals surface area contributed by atoms with Gasteiger partial charge in [-0.1, -0.05) is 48.9 Å². The van der Waals surface area contributed by atoms with Gasteiger partial charge < -0.3 is 4.98 Å². The molecule has 2 aromatic heterocycles. The molecule has 0 radical (unpaired) electrons. The summed E-state index contributed by atoms with van der Waals surface area (Å²) in [4.78, 5) is 20.1. The molecule has 0 saturated carbocycles. The molecule has 10 heteroatoms. The molecule has 3 aromatic carbocycles. The molecule has 0 unspecified atom stereocenters. The monoisotopic (exact) mass is 562 g/mol. The molecule has 0 aliphatic carbocycles. The van der Waals surface area contributed by atoms with Gasteiger partial charge in [0.25, 0.3) is 5.56 Å². The zero-order valence-electron chi connectivity index (χ0n) is 22.1. The average molecular weight is 563 g/mol. The van der Waals surface area contributed by atoms with E-state index in [0.717, 1.165) is 24.9 Å². The molecule has 1 fully saturated rings. The smallest absolute Gasteiger partial charge is 0.259 e. The molecule has 1 saturated heterocycles. The lowest BCUT2D eigenvalue weighted by Gasteiger charge is -2.25. The lowest BCUT2D eigenvalue weighted by molar-refractivity contribution is 0.346. The number of nitrogens with zero attached hydrogens (tertiary/aromatic N) is 5. The molecule has 5 aromatic rings. The first kappa shape index (κ1) is 26.4. The topological polar surface area (TPSA) is 125 Å². The van der Waals surface area contributed by atoms with Crippen molar-refractivity contribution >= 4 is 32.6 Å². The number of allylic oxidation sites excluding steroid dienone is 1. The van der Waals surface area contributed by atoms with Gasteiger partial charge in [0.1, 0.15) is 6.07 Å². The second kappa shape index (κ2) is 11.0. The van der Waals surface area contributed by atoms with Crippen molar-refractivity contribution < 1.29 is 8.42 Å². The van der Waals surface area contributed by atoms with Crippen LogP contribution in [-0.2, 0) is 10.0 Å². The summed E-state index contributed by atoms with van der Waals surface area (Å²) in [6.45, 7) is 1.06. The van der Waals surface area contributed by atoms with E-state index in [1.165, 1.54) is 0 Å². The minimum absolute atomic E-state index is 0.151. The van der Waals surface area contributed by atoms with Crippen molar-refractivity contribution in [2.45, 2.75) is 24.2 Å². The highest BCUT2D eigenvalue weighted by Crippen LogP contribution is 2.29. The van der Waals surface area contributed by atoms with Crippen LogP contribution in [0.1, 0.15) is 30.7 Å². The van der Waals surface area contributed by atoms with E-state index < -0.39 is 10.0 Å². The van der Waals surface area contributed by atoms with Gasteiger partial charge in [0.15, 0.2) is 5.82 Å². The number of piperidine rings is 1. The van der Waals surface area contributed by atoms with E-state index in [9.17, 15) is 18.5 Å². The Hall–Kier alpha value is -4.85. The SMILES string of the molecule is N#CC(=Cc1cn(-c2ccccc2)nc1-c1ccc(S(=O)(=O)N2CCCCC2)cc1)c1nc2ccccc2c(=O)[nH]1. The van der Waals surface area contributed by atoms with Crippen molar-refractivity contribution in [3.05, 3.63) is 107 Å². The molecule has 3 heterocycles. The number of hydrogen-bond donors (Lipinski definition) is 1. The fraction of sp³-hybridized carbons (Fsp3) is 0.161. The largest absolute Gasteiger partial charge is 0.305 e. The summed E-state index contributed by atoms with van der Waals surface area (Å²) in [6.07, 6.45) is 6.19. The van der Waals surface area contributed by atoms with Crippen LogP contribution in [0.15, 0.2) is 94.7 Å². The lowest BCUT2D eigenvalue weighted by atomic mass is 10.1. The van der Waals surface area contributed by atoms with Gasteiger partial charge in [0.2, 0.25) is 10.0 Å². The Morgan fingerprint density at radius 3 is 2.37 bits per heavy atom. The Morgan fingerprint density at radius 1 is 0.927 bits per heavy atom. The van der Waals surface area contributed by atoms with Crippen LogP contribution in [0.5, 0.6) is 0 Å². The number of hydrogen-bond acceptors (Lipinski definition) is 6. The number of aromatic amines is 1. The molecule has 1 N–H and O–H groups in total. The first-order valence-corrected chi connectivity index (χ1v) is 14.7. The van der Waals surface area contributed by atoms with Gasteiger partial charge >= 0.3 is 0 Å². The number of para-hydroxylation sites is 2. The van der Waals surface area contributed by atoms with Gasteiger partial charge in [-0.2, -0.15) is 14.7 Å². The third-order valence-electron chi connectivity index (χ3n) is 7.13. The highest BCUT2D eigenvalue weighted by atomic mass is 32.2. The minimum Gasteiger partial charge on any atom is -0.305 e. The zero-order chi connectivity index (χ0) is 28.4.